The van der Waals surface area contributed by atoms with Crippen LogP contribution in [-0.2, 0) is 9.59 Å². The van der Waals surface area contributed by atoms with E-state index in [1.807, 2.05) is 0 Å². The maximum Gasteiger partial charge on any atom is 0.241 e. The Kier molecular flexibility index (Phi) is 4.62. The van der Waals surface area contributed by atoms with Crippen LogP contribution in [-0.4, -0.2) is 51.8 Å². The van der Waals surface area contributed by atoms with Crippen LogP contribution in [0.25, 0.3) is 0 Å². The number of carbonyl (C=O) groups excluding carboxylic acids is 2. The van der Waals surface area contributed by atoms with Gasteiger partial charge in [-0.2, -0.15) is 5.26 Å². The topological polar surface area (TPSA) is 90.4 Å². The number of hydrogen-bond acceptors (Lipinski definition) is 4. The van der Waals surface area contributed by atoms with Crippen molar-refractivity contribution in [2.24, 2.45) is 23.5 Å². The molecule has 2 aliphatic carbocycles. The Morgan fingerprint density at radius 1 is 0.929 bits per heavy atom. The molecule has 5 fully saturated rings. The first-order valence-electron chi connectivity index (χ1n) is 11.4. The molecule has 2 bridgehead atoms. The highest BCUT2D eigenvalue weighted by Gasteiger charge is 2.56. The van der Waals surface area contributed by atoms with E-state index in [0.29, 0.717) is 11.8 Å². The summed E-state index contributed by atoms with van der Waals surface area (Å²) in [6.45, 7) is 0. The van der Waals surface area contributed by atoms with Gasteiger partial charge in [0.15, 0.2) is 0 Å². The second kappa shape index (κ2) is 7.02. The molecule has 0 spiro atoms. The lowest BCUT2D eigenvalue weighted by atomic mass is 9.82. The molecule has 5 rings (SSSR count). The average molecular weight is 385 g/mol. The maximum atomic E-state index is 13.1. The number of fused-ring (bicyclic) bond motifs is 3. The zero-order valence-electron chi connectivity index (χ0n) is 16.6. The summed E-state index contributed by atoms with van der Waals surface area (Å²) in [5.41, 5.74) is 6.48. The molecule has 5 aliphatic rings. The van der Waals surface area contributed by atoms with Gasteiger partial charge in [-0.05, 0) is 63.2 Å². The number of carbonyl (C=O) groups is 2. The molecule has 2 amide bonds. The lowest BCUT2D eigenvalue weighted by Gasteiger charge is -2.43. The summed E-state index contributed by atoms with van der Waals surface area (Å²) in [5.74, 6) is 1.23. The van der Waals surface area contributed by atoms with Crippen molar-refractivity contribution in [3.05, 3.63) is 0 Å². The fourth-order valence-corrected chi connectivity index (χ4v) is 6.70. The molecule has 3 aliphatic heterocycles. The van der Waals surface area contributed by atoms with E-state index in [4.69, 9.17) is 5.73 Å². The van der Waals surface area contributed by atoms with Gasteiger partial charge in [-0.15, -0.1) is 0 Å². The summed E-state index contributed by atoms with van der Waals surface area (Å²) in [6.07, 6.45) is 11.4. The van der Waals surface area contributed by atoms with Crippen LogP contribution in [0.4, 0.5) is 0 Å². The zero-order chi connectivity index (χ0) is 19.4. The summed E-state index contributed by atoms with van der Waals surface area (Å²) in [7, 11) is 0. The third kappa shape index (κ3) is 2.94. The molecule has 2 N–H and O–H groups in total. The third-order valence-electron chi connectivity index (χ3n) is 8.28. The Bertz CT molecular complexity index is 683. The summed E-state index contributed by atoms with van der Waals surface area (Å²) in [6, 6.07) is 2.27. The molecule has 0 aromatic rings. The van der Waals surface area contributed by atoms with E-state index in [9.17, 15) is 14.9 Å². The number of hydrogen-bond donors (Lipinski definition) is 1. The van der Waals surface area contributed by atoms with Crippen LogP contribution < -0.4 is 5.73 Å². The molecular formula is C22H32N4O2. The second-order valence-corrected chi connectivity index (χ2v) is 9.91. The molecule has 0 aromatic heterocycles. The fraction of sp³-hybridized carbons (Fsp3) is 0.864. The summed E-state index contributed by atoms with van der Waals surface area (Å²) in [5, 5.41) is 9.40. The average Bonchev–Trinajstić information content (AvgIpc) is 3.32. The summed E-state index contributed by atoms with van der Waals surface area (Å²) < 4.78 is 0. The van der Waals surface area contributed by atoms with Crippen molar-refractivity contribution in [1.29, 1.82) is 5.26 Å². The van der Waals surface area contributed by atoms with Gasteiger partial charge < -0.3 is 15.5 Å². The molecule has 6 heteroatoms. The summed E-state index contributed by atoms with van der Waals surface area (Å²) >= 11 is 0. The smallest absolute Gasteiger partial charge is 0.241 e. The molecule has 28 heavy (non-hydrogen) atoms. The van der Waals surface area contributed by atoms with E-state index in [1.54, 1.807) is 4.90 Å². The minimum atomic E-state index is -0.523. The van der Waals surface area contributed by atoms with Gasteiger partial charge in [-0.3, -0.25) is 9.59 Å². The van der Waals surface area contributed by atoms with Crippen LogP contribution in [0.5, 0.6) is 0 Å². The van der Waals surface area contributed by atoms with Crippen LogP contribution in [0.15, 0.2) is 0 Å². The fourth-order valence-electron chi connectivity index (χ4n) is 6.70. The van der Waals surface area contributed by atoms with Crippen molar-refractivity contribution in [2.75, 3.05) is 0 Å². The Hall–Kier alpha value is -1.61. The van der Waals surface area contributed by atoms with Crippen molar-refractivity contribution < 1.29 is 9.59 Å². The van der Waals surface area contributed by atoms with Gasteiger partial charge >= 0.3 is 0 Å². The van der Waals surface area contributed by atoms with Crippen LogP contribution in [0.3, 0.4) is 0 Å². The minimum absolute atomic E-state index is 0.0204. The predicted octanol–water partition coefficient (Wildman–Crippen LogP) is 2.18. The van der Waals surface area contributed by atoms with E-state index in [2.05, 4.69) is 11.0 Å². The number of nitrogens with two attached hydrogens (primary N) is 1. The molecule has 2 saturated carbocycles. The van der Waals surface area contributed by atoms with Crippen molar-refractivity contribution in [3.8, 4) is 6.07 Å². The Balaban J connectivity index is 1.25. The Morgan fingerprint density at radius 2 is 1.61 bits per heavy atom. The van der Waals surface area contributed by atoms with E-state index in [1.165, 1.54) is 19.3 Å². The van der Waals surface area contributed by atoms with Gasteiger partial charge in [0.1, 0.15) is 6.04 Å². The predicted molar refractivity (Wildman–Crippen MR) is 104 cm³/mol. The third-order valence-corrected chi connectivity index (χ3v) is 8.28. The van der Waals surface area contributed by atoms with Gasteiger partial charge in [-0.1, -0.05) is 19.3 Å². The van der Waals surface area contributed by atoms with Gasteiger partial charge in [0.2, 0.25) is 11.8 Å². The Labute approximate surface area is 167 Å². The Morgan fingerprint density at radius 3 is 2.25 bits per heavy atom. The normalized spacial score (nSPS) is 40.7. The number of amides is 2. The largest absolute Gasteiger partial charge is 0.336 e. The number of nitrogens with zero attached hydrogens (tertiary/aromatic N) is 3. The van der Waals surface area contributed by atoms with Crippen molar-refractivity contribution in [2.45, 2.75) is 101 Å². The van der Waals surface area contributed by atoms with E-state index in [-0.39, 0.29) is 41.9 Å². The first-order valence-corrected chi connectivity index (χ1v) is 11.4. The molecule has 3 saturated heterocycles. The van der Waals surface area contributed by atoms with Gasteiger partial charge in [0.25, 0.3) is 0 Å². The zero-order valence-corrected chi connectivity index (χ0v) is 16.6. The first-order chi connectivity index (χ1) is 13.6. The molecule has 6 nitrogen and oxygen atoms in total. The second-order valence-electron chi connectivity index (χ2n) is 9.91. The highest BCUT2D eigenvalue weighted by Crippen LogP contribution is 2.48. The number of likely N-dealkylation sites (tertiary alicyclic amines) is 1. The minimum Gasteiger partial charge on any atom is -0.336 e. The lowest BCUT2D eigenvalue weighted by Crippen LogP contribution is -2.56. The van der Waals surface area contributed by atoms with Crippen LogP contribution in [0.2, 0.25) is 0 Å². The summed E-state index contributed by atoms with van der Waals surface area (Å²) in [4.78, 5) is 30.3. The SMILES string of the molecule is N#C[C@@H]1C[C@@H]2C[C@@H]2N1C(=O)[C@@H](N)C1CC2CCC(C1)N2C(=O)C1CCCCC1. The molecule has 6 atom stereocenters. The van der Waals surface area contributed by atoms with Crippen molar-refractivity contribution in [3.63, 3.8) is 0 Å². The number of piperidine rings is 2. The van der Waals surface area contributed by atoms with Gasteiger partial charge in [-0.25, -0.2) is 0 Å². The molecule has 3 heterocycles. The van der Waals surface area contributed by atoms with Crippen molar-refractivity contribution >= 4 is 11.8 Å². The molecular weight excluding hydrogens is 352 g/mol. The highest BCUT2D eigenvalue weighted by atomic mass is 16.2. The van der Waals surface area contributed by atoms with Crippen molar-refractivity contribution in [1.82, 2.24) is 9.80 Å². The van der Waals surface area contributed by atoms with Gasteiger partial charge in [0.05, 0.1) is 12.1 Å². The molecule has 152 valence electrons. The standard InChI is InChI=1S/C22H32N4O2/c23-12-18-8-14-11-19(14)26(18)22(28)20(24)15-9-16-6-7-17(10-15)25(16)21(27)13-4-2-1-3-5-13/h13-20H,1-11,24H2/t14-,15?,16?,17?,18+,19+,20+/m1/s1. The van der Waals surface area contributed by atoms with Crippen LogP contribution in [0, 0.1) is 29.1 Å². The molecule has 2 unspecified atom stereocenters. The molecule has 0 aromatic carbocycles. The lowest BCUT2D eigenvalue weighted by molar-refractivity contribution is -0.143. The van der Waals surface area contributed by atoms with E-state index in [0.717, 1.165) is 51.4 Å². The van der Waals surface area contributed by atoms with Gasteiger partial charge in [0, 0.05) is 24.0 Å². The monoisotopic (exact) mass is 384 g/mol. The van der Waals surface area contributed by atoms with E-state index >= 15 is 0 Å². The number of nitriles is 1. The molecule has 0 radical (unpaired) electrons. The van der Waals surface area contributed by atoms with Crippen LogP contribution in [0.1, 0.15) is 70.6 Å². The maximum absolute atomic E-state index is 13.1. The number of rotatable bonds is 3. The highest BCUT2D eigenvalue weighted by molar-refractivity contribution is 5.84. The first kappa shape index (κ1) is 18.4. The van der Waals surface area contributed by atoms with E-state index < -0.39 is 6.04 Å². The quantitative estimate of drug-likeness (QED) is 0.807. The van der Waals surface area contributed by atoms with Crippen LogP contribution >= 0.6 is 0 Å².